The summed E-state index contributed by atoms with van der Waals surface area (Å²) in [6, 6.07) is 0. The van der Waals surface area contributed by atoms with Gasteiger partial charge in [0.2, 0.25) is 5.78 Å². The molecule has 2 heterocycles. The Morgan fingerprint density at radius 3 is 2.66 bits per heavy atom. The van der Waals surface area contributed by atoms with Crippen molar-refractivity contribution in [2.75, 3.05) is 0 Å². The number of Topliss-reactive ketones (excluding diaryl/α,β-unsaturated/α-hetero) is 2. The Labute approximate surface area is 175 Å². The lowest BCUT2D eigenvalue weighted by atomic mass is 9.68. The molecule has 0 aromatic rings. The predicted molar refractivity (Wildman–Crippen MR) is 110 cm³/mol. The number of esters is 1. The fourth-order valence-corrected chi connectivity index (χ4v) is 4.35. The molecule has 0 spiro atoms. The molecule has 5 nitrogen and oxygen atoms in total. The number of carbonyl (C=O) groups excluding carboxylic acids is 3. The summed E-state index contributed by atoms with van der Waals surface area (Å²) in [5.74, 6) is -2.37. The van der Waals surface area contributed by atoms with Gasteiger partial charge in [0.25, 0.3) is 0 Å². The van der Waals surface area contributed by atoms with Crippen molar-refractivity contribution in [3.8, 4) is 0 Å². The maximum Gasteiger partial charge on any atom is 0.318 e. The number of hydrogen-bond donors (Lipinski definition) is 0. The summed E-state index contributed by atoms with van der Waals surface area (Å²) < 4.78 is 11.1. The first kappa shape index (κ1) is 21.3. The lowest BCUT2D eigenvalue weighted by Crippen LogP contribution is -2.47. The van der Waals surface area contributed by atoms with E-state index in [0.29, 0.717) is 22.8 Å². The summed E-state index contributed by atoms with van der Waals surface area (Å²) in [4.78, 5) is 37.3. The molecule has 1 aliphatic carbocycles. The van der Waals surface area contributed by atoms with Crippen molar-refractivity contribution in [2.45, 2.75) is 46.6 Å². The average Bonchev–Trinajstić information content (AvgIpc) is 2.96. The van der Waals surface area contributed by atoms with Crippen LogP contribution in [-0.2, 0) is 23.9 Å². The van der Waals surface area contributed by atoms with Crippen LogP contribution < -0.4 is 0 Å². The van der Waals surface area contributed by atoms with Gasteiger partial charge in [-0.15, -0.1) is 0 Å². The Hall–Kier alpha value is -2.40. The number of carbonyl (C=O) groups is 3. The number of ketones is 2. The van der Waals surface area contributed by atoms with E-state index in [9.17, 15) is 14.4 Å². The van der Waals surface area contributed by atoms with Crippen LogP contribution in [0.3, 0.4) is 0 Å². The summed E-state index contributed by atoms with van der Waals surface area (Å²) in [6.07, 6.45) is 10.1. The van der Waals surface area contributed by atoms with Gasteiger partial charge in [-0.2, -0.15) is 0 Å². The Kier molecular flexibility index (Phi) is 5.72. The second-order valence-corrected chi connectivity index (χ2v) is 8.40. The zero-order valence-electron chi connectivity index (χ0n) is 17.2. The minimum absolute atomic E-state index is 0.0203. The van der Waals surface area contributed by atoms with Crippen LogP contribution in [-0.4, -0.2) is 23.1 Å². The van der Waals surface area contributed by atoms with E-state index in [4.69, 9.17) is 21.1 Å². The van der Waals surface area contributed by atoms with Gasteiger partial charge in [-0.3, -0.25) is 14.4 Å². The number of fused-ring (bicyclic) bond motifs is 3. The fraction of sp³-hybridized carbons (Fsp3) is 0.435. The van der Waals surface area contributed by atoms with Gasteiger partial charge in [-0.05, 0) is 38.8 Å². The highest BCUT2D eigenvalue weighted by atomic mass is 35.5. The largest absolute Gasteiger partial charge is 0.465 e. The molecule has 0 amide bonds. The van der Waals surface area contributed by atoms with E-state index in [2.05, 4.69) is 19.9 Å². The monoisotopic (exact) mass is 416 g/mol. The zero-order chi connectivity index (χ0) is 21.5. The van der Waals surface area contributed by atoms with Gasteiger partial charge in [-0.1, -0.05) is 49.6 Å². The molecular formula is C23H25ClO5. The Bertz CT molecular complexity index is 933. The summed E-state index contributed by atoms with van der Waals surface area (Å²) in [5, 5.41) is -0.0203. The highest BCUT2D eigenvalue weighted by Crippen LogP contribution is 2.52. The molecule has 3 aliphatic rings. The Morgan fingerprint density at radius 1 is 1.34 bits per heavy atom. The molecular weight excluding hydrogens is 392 g/mol. The van der Waals surface area contributed by atoms with Crippen LogP contribution in [0.2, 0.25) is 0 Å². The van der Waals surface area contributed by atoms with Gasteiger partial charge >= 0.3 is 5.97 Å². The molecule has 0 aromatic heterocycles. The quantitative estimate of drug-likeness (QED) is 0.373. The number of ether oxygens (including phenoxy) is 2. The van der Waals surface area contributed by atoms with Gasteiger partial charge in [-0.25, -0.2) is 0 Å². The molecule has 0 bridgehead atoms. The average molecular weight is 417 g/mol. The summed E-state index contributed by atoms with van der Waals surface area (Å²) in [5.41, 5.74) is 0.600. The predicted octanol–water partition coefficient (Wildman–Crippen LogP) is 4.55. The van der Waals surface area contributed by atoms with E-state index in [1.807, 2.05) is 13.0 Å². The van der Waals surface area contributed by atoms with Crippen molar-refractivity contribution in [1.29, 1.82) is 0 Å². The summed E-state index contributed by atoms with van der Waals surface area (Å²) >= 11 is 6.36. The molecule has 1 fully saturated rings. The first-order valence-corrected chi connectivity index (χ1v) is 10.1. The van der Waals surface area contributed by atoms with E-state index in [1.165, 1.54) is 20.1 Å². The molecule has 0 N–H and O–H groups in total. The minimum atomic E-state index is -1.50. The standard InChI is InChI=1S/C23H25ClO5/c1-6-12(2)9-13(3)7-8-15-10-16-17(11-28-15)19-18(14(4)25)22(27)29-23(19,5)21(26)20(16)24/h7-12,18-19H,6H2,1-5H3/b8-7+,13-9+/t12-,18-,19-,23+/m0/s1. The molecule has 29 heavy (non-hydrogen) atoms. The SMILES string of the molecule is CC[C@H](C)/C=C(C)/C=C/C1=CC2=C(Cl)C(=O)[C@]3(C)OC(=O)[C@@H](C(C)=O)[C@@H]3C2=CO1. The molecule has 154 valence electrons. The van der Waals surface area contributed by atoms with Crippen molar-refractivity contribution >= 4 is 29.1 Å². The second kappa shape index (κ2) is 7.79. The molecule has 4 atom stereocenters. The number of halogens is 1. The van der Waals surface area contributed by atoms with E-state index >= 15 is 0 Å². The normalized spacial score (nSPS) is 30.3. The molecule has 0 radical (unpaired) electrons. The number of hydrogen-bond acceptors (Lipinski definition) is 5. The van der Waals surface area contributed by atoms with Gasteiger partial charge < -0.3 is 9.47 Å². The smallest absolute Gasteiger partial charge is 0.318 e. The maximum absolute atomic E-state index is 12.9. The third kappa shape index (κ3) is 3.64. The highest BCUT2D eigenvalue weighted by Gasteiger charge is 2.63. The zero-order valence-corrected chi connectivity index (χ0v) is 18.0. The molecule has 1 saturated heterocycles. The van der Waals surface area contributed by atoms with Crippen LogP contribution in [0.1, 0.15) is 41.0 Å². The van der Waals surface area contributed by atoms with Crippen LogP contribution in [0, 0.1) is 17.8 Å². The van der Waals surface area contributed by atoms with Crippen LogP contribution >= 0.6 is 11.6 Å². The van der Waals surface area contributed by atoms with Crippen LogP contribution in [0.4, 0.5) is 0 Å². The number of allylic oxidation sites excluding steroid dienone is 6. The lowest BCUT2D eigenvalue weighted by Gasteiger charge is -2.36. The molecule has 3 rings (SSSR count). The second-order valence-electron chi connectivity index (χ2n) is 8.02. The topological polar surface area (TPSA) is 69.7 Å². The maximum atomic E-state index is 12.9. The van der Waals surface area contributed by atoms with Crippen molar-refractivity contribution in [2.24, 2.45) is 17.8 Å². The first-order chi connectivity index (χ1) is 13.6. The number of rotatable bonds is 5. The van der Waals surface area contributed by atoms with Crippen molar-refractivity contribution in [3.63, 3.8) is 0 Å². The molecule has 6 heteroatoms. The first-order valence-electron chi connectivity index (χ1n) is 9.73. The Balaban J connectivity index is 1.98. The van der Waals surface area contributed by atoms with Crippen molar-refractivity contribution < 1.29 is 23.9 Å². The van der Waals surface area contributed by atoms with Gasteiger partial charge in [0.15, 0.2) is 5.60 Å². The third-order valence-electron chi connectivity index (χ3n) is 5.77. The summed E-state index contributed by atoms with van der Waals surface area (Å²) in [6.45, 7) is 9.11. The molecule has 0 saturated carbocycles. The minimum Gasteiger partial charge on any atom is -0.465 e. The van der Waals surface area contributed by atoms with E-state index in [0.717, 1.165) is 12.0 Å². The van der Waals surface area contributed by atoms with E-state index < -0.39 is 29.2 Å². The lowest BCUT2D eigenvalue weighted by molar-refractivity contribution is -0.156. The molecule has 0 aromatic carbocycles. The third-order valence-corrected chi connectivity index (χ3v) is 6.15. The Morgan fingerprint density at radius 2 is 2.03 bits per heavy atom. The highest BCUT2D eigenvalue weighted by molar-refractivity contribution is 6.45. The molecule has 0 unspecified atom stereocenters. The van der Waals surface area contributed by atoms with Crippen LogP contribution in [0.25, 0.3) is 0 Å². The van der Waals surface area contributed by atoms with Crippen LogP contribution in [0.15, 0.2) is 58.1 Å². The van der Waals surface area contributed by atoms with Gasteiger partial charge in [0.05, 0.1) is 17.2 Å². The summed E-state index contributed by atoms with van der Waals surface area (Å²) in [7, 11) is 0. The van der Waals surface area contributed by atoms with Crippen LogP contribution in [0.5, 0.6) is 0 Å². The van der Waals surface area contributed by atoms with E-state index in [-0.39, 0.29) is 10.8 Å². The van der Waals surface area contributed by atoms with Gasteiger partial charge in [0, 0.05) is 11.1 Å². The van der Waals surface area contributed by atoms with E-state index in [1.54, 1.807) is 12.2 Å². The molecule has 2 aliphatic heterocycles. The van der Waals surface area contributed by atoms with Crippen molar-refractivity contribution in [3.05, 3.63) is 58.1 Å². The fourth-order valence-electron chi connectivity index (χ4n) is 4.00. The van der Waals surface area contributed by atoms with Crippen molar-refractivity contribution in [1.82, 2.24) is 0 Å². The van der Waals surface area contributed by atoms with Gasteiger partial charge in [0.1, 0.15) is 17.5 Å².